The Morgan fingerprint density at radius 1 is 1.28 bits per heavy atom. The van der Waals surface area contributed by atoms with E-state index in [2.05, 4.69) is 0 Å². The van der Waals surface area contributed by atoms with Crippen LogP contribution in [0.1, 0.15) is 34.6 Å². The number of carbonyl (C=O) groups is 2. The lowest BCUT2D eigenvalue weighted by atomic mass is 10.1. The third-order valence-corrected chi connectivity index (χ3v) is 2.70. The summed E-state index contributed by atoms with van der Waals surface area (Å²) in [5.41, 5.74) is 0.704. The number of imide groups is 1. The fraction of sp³-hybridized carbons (Fsp3) is 0.385. The van der Waals surface area contributed by atoms with Crippen molar-refractivity contribution in [2.75, 3.05) is 13.2 Å². The first kappa shape index (κ1) is 12.6. The Morgan fingerprint density at radius 2 is 1.94 bits per heavy atom. The summed E-state index contributed by atoms with van der Waals surface area (Å²) in [6.45, 7) is 3.89. The molecular formula is C13H15NO4. The van der Waals surface area contributed by atoms with E-state index >= 15 is 0 Å². The highest BCUT2D eigenvalue weighted by Crippen LogP contribution is 2.26. The molecule has 0 saturated carbocycles. The predicted octanol–water partition coefficient (Wildman–Crippen LogP) is 1.06. The molecule has 0 aromatic heterocycles. The van der Waals surface area contributed by atoms with Crippen molar-refractivity contribution in [3.05, 3.63) is 29.3 Å². The third-order valence-electron chi connectivity index (χ3n) is 2.70. The number of amides is 2. The second-order valence-corrected chi connectivity index (χ2v) is 4.21. The smallest absolute Gasteiger partial charge is 0.261 e. The van der Waals surface area contributed by atoms with E-state index in [1.54, 1.807) is 18.2 Å². The van der Waals surface area contributed by atoms with Crippen LogP contribution in [0, 0.1) is 0 Å². The molecule has 0 aliphatic carbocycles. The average molecular weight is 249 g/mol. The SMILES string of the molecule is CCOc1ccc2c(c1)C(=O)N(CC(C)O)C2=O. The molecule has 0 bridgehead atoms. The second-order valence-electron chi connectivity index (χ2n) is 4.21. The number of fused-ring (bicyclic) bond motifs is 1. The van der Waals surface area contributed by atoms with Gasteiger partial charge in [0.1, 0.15) is 5.75 Å². The second kappa shape index (κ2) is 4.78. The summed E-state index contributed by atoms with van der Waals surface area (Å²) in [4.78, 5) is 25.1. The monoisotopic (exact) mass is 249 g/mol. The molecular weight excluding hydrogens is 234 g/mol. The van der Waals surface area contributed by atoms with E-state index in [-0.39, 0.29) is 18.4 Å². The summed E-state index contributed by atoms with van der Waals surface area (Å²) in [5.74, 6) is -0.173. The number of rotatable bonds is 4. The average Bonchev–Trinajstić information content (AvgIpc) is 2.55. The normalized spacial score (nSPS) is 15.8. The molecule has 0 fully saturated rings. The number of carbonyl (C=O) groups excluding carboxylic acids is 2. The van der Waals surface area contributed by atoms with Gasteiger partial charge in [-0.1, -0.05) is 0 Å². The first-order valence-electron chi connectivity index (χ1n) is 5.85. The molecule has 1 aliphatic heterocycles. The van der Waals surface area contributed by atoms with Gasteiger partial charge in [-0.25, -0.2) is 0 Å². The molecule has 0 radical (unpaired) electrons. The van der Waals surface area contributed by atoms with Crippen LogP contribution in [-0.2, 0) is 0 Å². The number of hydrogen-bond acceptors (Lipinski definition) is 4. The van der Waals surface area contributed by atoms with Crippen molar-refractivity contribution in [2.45, 2.75) is 20.0 Å². The summed E-state index contributed by atoms with van der Waals surface area (Å²) >= 11 is 0. The van der Waals surface area contributed by atoms with Crippen LogP contribution >= 0.6 is 0 Å². The zero-order chi connectivity index (χ0) is 13.3. The van der Waals surface area contributed by atoms with Gasteiger partial charge in [-0.2, -0.15) is 0 Å². The van der Waals surface area contributed by atoms with E-state index in [1.807, 2.05) is 6.92 Å². The highest BCUT2D eigenvalue weighted by Gasteiger charge is 2.36. The fourth-order valence-electron chi connectivity index (χ4n) is 1.96. The van der Waals surface area contributed by atoms with Crippen LogP contribution in [0.4, 0.5) is 0 Å². The lowest BCUT2D eigenvalue weighted by Gasteiger charge is -2.15. The van der Waals surface area contributed by atoms with Gasteiger partial charge in [-0.05, 0) is 32.0 Å². The summed E-state index contributed by atoms with van der Waals surface area (Å²) in [7, 11) is 0. The van der Waals surface area contributed by atoms with Crippen LogP contribution in [-0.4, -0.2) is 41.1 Å². The van der Waals surface area contributed by atoms with Crippen molar-refractivity contribution in [1.29, 1.82) is 0 Å². The molecule has 18 heavy (non-hydrogen) atoms. The standard InChI is InChI=1S/C13H15NO4/c1-3-18-9-4-5-10-11(6-9)13(17)14(12(10)16)7-8(2)15/h4-6,8,15H,3,7H2,1-2H3. The number of aliphatic hydroxyl groups is 1. The Kier molecular flexibility index (Phi) is 3.34. The highest BCUT2D eigenvalue weighted by atomic mass is 16.5. The van der Waals surface area contributed by atoms with Crippen molar-refractivity contribution in [3.8, 4) is 5.75 Å². The minimum Gasteiger partial charge on any atom is -0.494 e. The number of β-amino-alcohol motifs (C(OH)–C–C–N with tert-alkyl or cyclic N) is 1. The van der Waals surface area contributed by atoms with Gasteiger partial charge in [0.25, 0.3) is 11.8 Å². The maximum atomic E-state index is 12.0. The molecule has 2 amide bonds. The number of hydrogen-bond donors (Lipinski definition) is 1. The van der Waals surface area contributed by atoms with Crippen LogP contribution in [0.25, 0.3) is 0 Å². The van der Waals surface area contributed by atoms with E-state index in [4.69, 9.17) is 4.74 Å². The van der Waals surface area contributed by atoms with Gasteiger partial charge in [-0.15, -0.1) is 0 Å². The maximum Gasteiger partial charge on any atom is 0.261 e. The van der Waals surface area contributed by atoms with E-state index < -0.39 is 6.10 Å². The zero-order valence-electron chi connectivity index (χ0n) is 10.3. The van der Waals surface area contributed by atoms with Gasteiger partial charge < -0.3 is 9.84 Å². The lowest BCUT2D eigenvalue weighted by molar-refractivity contribution is 0.0563. The molecule has 1 aromatic rings. The van der Waals surface area contributed by atoms with Crippen LogP contribution in [0.2, 0.25) is 0 Å². The fourth-order valence-corrected chi connectivity index (χ4v) is 1.96. The molecule has 2 rings (SSSR count). The molecule has 1 aliphatic rings. The lowest BCUT2D eigenvalue weighted by Crippen LogP contribution is -2.35. The predicted molar refractivity (Wildman–Crippen MR) is 64.7 cm³/mol. The van der Waals surface area contributed by atoms with Crippen LogP contribution in [0.5, 0.6) is 5.75 Å². The number of benzene rings is 1. The van der Waals surface area contributed by atoms with Gasteiger partial charge in [0.05, 0.1) is 30.4 Å². The number of nitrogens with zero attached hydrogens (tertiary/aromatic N) is 1. The third kappa shape index (κ3) is 2.09. The molecule has 0 saturated heterocycles. The summed E-state index contributed by atoms with van der Waals surface area (Å²) in [5, 5.41) is 9.30. The quantitative estimate of drug-likeness (QED) is 0.810. The molecule has 5 heteroatoms. The van der Waals surface area contributed by atoms with Crippen molar-refractivity contribution in [2.24, 2.45) is 0 Å². The van der Waals surface area contributed by atoms with E-state index in [1.165, 1.54) is 6.92 Å². The first-order chi connectivity index (χ1) is 8.54. The van der Waals surface area contributed by atoms with E-state index in [0.29, 0.717) is 23.5 Å². The summed E-state index contributed by atoms with van der Waals surface area (Å²) in [6, 6.07) is 4.82. The molecule has 1 heterocycles. The van der Waals surface area contributed by atoms with Gasteiger partial charge in [0, 0.05) is 0 Å². The van der Waals surface area contributed by atoms with Crippen molar-refractivity contribution in [3.63, 3.8) is 0 Å². The summed E-state index contributed by atoms with van der Waals surface area (Å²) in [6.07, 6.45) is -0.737. The van der Waals surface area contributed by atoms with Gasteiger partial charge in [0.2, 0.25) is 0 Å². The van der Waals surface area contributed by atoms with Crippen molar-refractivity contribution in [1.82, 2.24) is 4.90 Å². The Morgan fingerprint density at radius 3 is 2.56 bits per heavy atom. The van der Waals surface area contributed by atoms with Gasteiger partial charge in [-0.3, -0.25) is 14.5 Å². The van der Waals surface area contributed by atoms with Gasteiger partial charge >= 0.3 is 0 Å². The Labute approximate surface area is 105 Å². The first-order valence-corrected chi connectivity index (χ1v) is 5.85. The number of aliphatic hydroxyl groups excluding tert-OH is 1. The van der Waals surface area contributed by atoms with Crippen molar-refractivity contribution < 1.29 is 19.4 Å². The summed E-state index contributed by atoms with van der Waals surface area (Å²) < 4.78 is 5.30. The molecule has 0 spiro atoms. The van der Waals surface area contributed by atoms with Crippen LogP contribution < -0.4 is 4.74 Å². The van der Waals surface area contributed by atoms with Gasteiger partial charge in [0.15, 0.2) is 0 Å². The van der Waals surface area contributed by atoms with Crippen LogP contribution in [0.3, 0.4) is 0 Å². The van der Waals surface area contributed by atoms with E-state index in [9.17, 15) is 14.7 Å². The molecule has 1 atom stereocenters. The Bertz CT molecular complexity index is 496. The minimum absolute atomic E-state index is 0.0102. The number of ether oxygens (including phenoxy) is 1. The zero-order valence-corrected chi connectivity index (χ0v) is 10.3. The van der Waals surface area contributed by atoms with E-state index in [0.717, 1.165) is 4.90 Å². The Balaban J connectivity index is 2.33. The van der Waals surface area contributed by atoms with Crippen LogP contribution in [0.15, 0.2) is 18.2 Å². The molecule has 1 unspecified atom stereocenters. The van der Waals surface area contributed by atoms with Crippen molar-refractivity contribution >= 4 is 11.8 Å². The molecule has 1 N–H and O–H groups in total. The molecule has 5 nitrogen and oxygen atoms in total. The molecule has 96 valence electrons. The minimum atomic E-state index is -0.737. The molecule has 1 aromatic carbocycles. The Hall–Kier alpha value is -1.88. The maximum absolute atomic E-state index is 12.0. The topological polar surface area (TPSA) is 66.8 Å². The largest absolute Gasteiger partial charge is 0.494 e. The highest BCUT2D eigenvalue weighted by molar-refractivity contribution is 6.21.